The van der Waals surface area contributed by atoms with Gasteiger partial charge in [0.25, 0.3) is 0 Å². The van der Waals surface area contributed by atoms with Crippen LogP contribution in [-0.2, 0) is 0 Å². The summed E-state index contributed by atoms with van der Waals surface area (Å²) in [6, 6.07) is 12.9. The molecule has 88 heavy (non-hydrogen) atoms. The molecule has 0 aromatic heterocycles. The van der Waals surface area contributed by atoms with Crippen LogP contribution in [0.4, 0.5) is 0 Å². The highest BCUT2D eigenvalue weighted by Gasteiger charge is 2.28. The lowest BCUT2D eigenvalue weighted by Gasteiger charge is -2.36. The summed E-state index contributed by atoms with van der Waals surface area (Å²) in [4.78, 5) is 0. The third-order valence-corrected chi connectivity index (χ3v) is 20.1. The van der Waals surface area contributed by atoms with Crippen LogP contribution in [0, 0.1) is 54.8 Å². The van der Waals surface area contributed by atoms with Gasteiger partial charge in [0.15, 0.2) is 0 Å². The van der Waals surface area contributed by atoms with E-state index in [0.29, 0.717) is 5.41 Å². The molecule has 2 saturated carbocycles. The molecule has 2 aromatic carbocycles. The summed E-state index contributed by atoms with van der Waals surface area (Å²) >= 11 is 0. The van der Waals surface area contributed by atoms with Crippen molar-refractivity contribution in [1.29, 1.82) is 0 Å². The average molecular weight is 1220 g/mol. The summed E-state index contributed by atoms with van der Waals surface area (Å²) in [5.74, 6) is 5.27. The first kappa shape index (κ1) is 90.1. The van der Waals surface area contributed by atoms with Crippen LogP contribution >= 0.6 is 0 Å². The molecule has 6 atom stereocenters. The van der Waals surface area contributed by atoms with E-state index < -0.39 is 0 Å². The summed E-state index contributed by atoms with van der Waals surface area (Å²) in [5, 5.41) is 2.75. The maximum atomic E-state index is 2.40. The Bertz CT molecular complexity index is 1690. The van der Waals surface area contributed by atoms with E-state index in [-0.39, 0.29) is 0 Å². The predicted octanol–water partition coefficient (Wildman–Crippen LogP) is 32.4. The van der Waals surface area contributed by atoms with Crippen molar-refractivity contribution in [3.05, 3.63) is 84.0 Å². The zero-order chi connectivity index (χ0) is 66.0. The van der Waals surface area contributed by atoms with Gasteiger partial charge in [0.2, 0.25) is 0 Å². The van der Waals surface area contributed by atoms with Crippen molar-refractivity contribution in [2.75, 3.05) is 0 Å². The standard InChI is InChI=1S/C20H40.C18H36.C16H32.C12H12.C9H18.C8H16.C5H12/c1-4-6-7-8-9-10-11-12-13-14-15-16-17-18-19-20(3)5-2;1-4-6-7-8-9-10-11-12-13-14-15-16-17-18(3)5-2;1-4-6-7-8-9-10-11-12-13-14-15-16(3)5-2;1-9-5-3-7-11-8-4-6-10(2)12(9)11;1-8-6-4-5-7-9(8,2)3;1-7-5-3-4-6-8(7)2;1-3-5-4-2/h18-20H,4-17H2,1-3H3;16-18H,4-15H2,1-3H3;14-16H,4-13H2,1-3H3;3-8H,1-2H3;8H,4-7H2,1-3H3;7-8H,3-6H2,1-2H3;3-5H2,1-2H3/b19-18+;17-16+;15-14+;;;;. The molecule has 2 aliphatic rings. The molecule has 2 aromatic rings. The van der Waals surface area contributed by atoms with Crippen LogP contribution in [0.2, 0.25) is 0 Å². The Morgan fingerprint density at radius 3 is 0.852 bits per heavy atom. The zero-order valence-electron chi connectivity index (χ0n) is 64.1. The molecule has 0 heterocycles. The second kappa shape index (κ2) is 69.3. The molecule has 0 bridgehead atoms. The fourth-order valence-electron chi connectivity index (χ4n) is 11.9. The molecule has 0 nitrogen and oxygen atoms in total. The smallest absolute Gasteiger partial charge is 0.0125 e. The Kier molecular flexibility index (Phi) is 70.9. The molecule has 2 fully saturated rings. The van der Waals surface area contributed by atoms with Gasteiger partial charge < -0.3 is 0 Å². The maximum absolute atomic E-state index is 2.40. The molecule has 6 unspecified atom stereocenters. The molecule has 0 saturated heterocycles. The summed E-state index contributed by atoms with van der Waals surface area (Å²) in [6.07, 6.45) is 80.9. The van der Waals surface area contributed by atoms with Gasteiger partial charge in [-0.25, -0.2) is 0 Å². The third kappa shape index (κ3) is 61.4. The minimum absolute atomic E-state index is 0.637. The highest BCUT2D eigenvalue weighted by Crippen LogP contribution is 2.39. The van der Waals surface area contributed by atoms with Gasteiger partial charge >= 0.3 is 0 Å². The molecular formula is C88H166. The minimum Gasteiger partial charge on any atom is -0.0883 e. The van der Waals surface area contributed by atoms with Crippen molar-refractivity contribution in [2.24, 2.45) is 40.9 Å². The largest absolute Gasteiger partial charge is 0.0883 e. The van der Waals surface area contributed by atoms with Crippen LogP contribution < -0.4 is 0 Å². The van der Waals surface area contributed by atoms with Crippen LogP contribution in [0.1, 0.15) is 424 Å². The number of hydrogen-bond donors (Lipinski definition) is 0. The average Bonchev–Trinajstić information content (AvgIpc) is 3.49. The van der Waals surface area contributed by atoms with Crippen molar-refractivity contribution in [2.45, 2.75) is 426 Å². The molecule has 0 spiro atoms. The number of fused-ring (bicyclic) bond motifs is 1. The van der Waals surface area contributed by atoms with Gasteiger partial charge in [0, 0.05) is 0 Å². The zero-order valence-corrected chi connectivity index (χ0v) is 64.1. The van der Waals surface area contributed by atoms with E-state index in [1.54, 1.807) is 0 Å². The number of rotatable bonds is 41. The van der Waals surface area contributed by atoms with E-state index in [4.69, 9.17) is 0 Å². The van der Waals surface area contributed by atoms with Gasteiger partial charge in [0.1, 0.15) is 0 Å². The van der Waals surface area contributed by atoms with Crippen LogP contribution in [-0.4, -0.2) is 0 Å². The summed E-state index contributed by atoms with van der Waals surface area (Å²) in [5.41, 5.74) is 3.37. The number of allylic oxidation sites excluding steroid dienone is 6. The van der Waals surface area contributed by atoms with Gasteiger partial charge in [-0.15, -0.1) is 0 Å². The first-order chi connectivity index (χ1) is 42.6. The van der Waals surface area contributed by atoms with Crippen LogP contribution in [0.15, 0.2) is 72.9 Å². The number of unbranched alkanes of at least 4 members (excludes halogenated alkanes) is 32. The van der Waals surface area contributed by atoms with E-state index >= 15 is 0 Å². The van der Waals surface area contributed by atoms with E-state index in [0.717, 1.165) is 35.5 Å². The molecule has 0 radical (unpaired) electrons. The Labute approximate surface area is 559 Å². The Morgan fingerprint density at radius 2 is 0.636 bits per heavy atom. The lowest BCUT2D eigenvalue weighted by molar-refractivity contribution is 0.154. The number of hydrogen-bond acceptors (Lipinski definition) is 0. The molecule has 2 aliphatic carbocycles. The highest BCUT2D eigenvalue weighted by molar-refractivity contribution is 5.88. The second-order valence-electron chi connectivity index (χ2n) is 29.3. The van der Waals surface area contributed by atoms with E-state index in [1.807, 2.05) is 0 Å². The van der Waals surface area contributed by atoms with Gasteiger partial charge in [-0.3, -0.25) is 0 Å². The summed E-state index contributed by atoms with van der Waals surface area (Å²) < 4.78 is 0. The van der Waals surface area contributed by atoms with Crippen molar-refractivity contribution >= 4 is 10.8 Å². The maximum Gasteiger partial charge on any atom is -0.0125 e. The molecule has 4 rings (SSSR count). The van der Waals surface area contributed by atoms with Gasteiger partial charge in [-0.05, 0) is 122 Å². The van der Waals surface area contributed by atoms with Crippen molar-refractivity contribution < 1.29 is 0 Å². The summed E-state index contributed by atoms with van der Waals surface area (Å²) in [7, 11) is 0. The predicted molar refractivity (Wildman–Crippen MR) is 412 cm³/mol. The highest BCUT2D eigenvalue weighted by atomic mass is 14.3. The van der Waals surface area contributed by atoms with Gasteiger partial charge in [0.05, 0.1) is 0 Å². The van der Waals surface area contributed by atoms with E-state index in [9.17, 15) is 0 Å². The molecule has 0 N–H and O–H groups in total. The van der Waals surface area contributed by atoms with Crippen LogP contribution in [0.25, 0.3) is 10.8 Å². The molecule has 0 amide bonds. The van der Waals surface area contributed by atoms with Crippen molar-refractivity contribution in [3.8, 4) is 0 Å². The van der Waals surface area contributed by atoms with Crippen LogP contribution in [0.3, 0.4) is 0 Å². The quantitative estimate of drug-likeness (QED) is 0.0460. The SMILES string of the molecule is CC1CCCCC1(C)C.CC1CCCCC1C.CCCCC.CCCCCCCCCC/C=C/C(C)CC.CCCCCCCCCCCC/C=C/C(C)CC.CCCCCCCCCCCCCC/C=C/C(C)CC.Cc1cccc2cccc(C)c12. The Balaban J connectivity index is -0.000000989. The van der Waals surface area contributed by atoms with E-state index in [2.05, 4.69) is 197 Å². The van der Waals surface area contributed by atoms with Crippen molar-refractivity contribution in [1.82, 2.24) is 0 Å². The monoisotopic (exact) mass is 1220 g/mol. The van der Waals surface area contributed by atoms with Gasteiger partial charge in [-0.1, -0.05) is 440 Å². The van der Waals surface area contributed by atoms with Crippen LogP contribution in [0.5, 0.6) is 0 Å². The topological polar surface area (TPSA) is 0 Å². The Morgan fingerprint density at radius 1 is 0.364 bits per heavy atom. The number of aryl methyl sites for hydroxylation is 2. The fourth-order valence-corrected chi connectivity index (χ4v) is 11.9. The van der Waals surface area contributed by atoms with Gasteiger partial charge in [-0.2, -0.15) is 0 Å². The molecule has 518 valence electrons. The first-order valence-electron chi connectivity index (χ1n) is 40.0. The first-order valence-corrected chi connectivity index (χ1v) is 40.0. The molecule has 0 aliphatic heterocycles. The lowest BCUT2D eigenvalue weighted by Crippen LogP contribution is -2.24. The third-order valence-electron chi connectivity index (χ3n) is 20.1. The fraction of sp³-hybridized carbons (Fsp3) is 0.818. The normalized spacial score (nSPS) is 17.2. The summed E-state index contributed by atoms with van der Waals surface area (Å²) in [6.45, 7) is 41.2. The van der Waals surface area contributed by atoms with E-state index in [1.165, 1.54) is 324 Å². The molecule has 0 heteroatoms. The lowest BCUT2D eigenvalue weighted by atomic mass is 9.70. The Hall–Kier alpha value is -2.08. The number of benzene rings is 2. The molecular weight excluding hydrogens is 1060 g/mol. The second-order valence-corrected chi connectivity index (χ2v) is 29.3. The minimum atomic E-state index is 0.637. The van der Waals surface area contributed by atoms with Crippen molar-refractivity contribution in [3.63, 3.8) is 0 Å².